The van der Waals surface area contributed by atoms with Crippen LogP contribution in [0.2, 0.25) is 0 Å². The third-order valence-corrected chi connectivity index (χ3v) is 5.36. The van der Waals surface area contributed by atoms with Gasteiger partial charge in [-0.2, -0.15) is 5.10 Å². The number of nitrogens with zero attached hydrogens (tertiary/aromatic N) is 4. The van der Waals surface area contributed by atoms with Gasteiger partial charge in [-0.15, -0.1) is 0 Å². The van der Waals surface area contributed by atoms with E-state index < -0.39 is 10.0 Å². The molecule has 0 aromatic carbocycles. The lowest BCUT2D eigenvalue weighted by Crippen LogP contribution is -2.41. The number of nitrogens with one attached hydrogen (secondary N) is 1. The minimum Gasteiger partial charge on any atom is -0.334 e. The molecule has 0 saturated carbocycles. The fourth-order valence-corrected chi connectivity index (χ4v) is 3.79. The number of amides is 1. The van der Waals surface area contributed by atoms with Crippen molar-refractivity contribution < 1.29 is 13.2 Å². The van der Waals surface area contributed by atoms with E-state index in [0.717, 1.165) is 6.42 Å². The van der Waals surface area contributed by atoms with Crippen molar-refractivity contribution in [2.24, 2.45) is 0 Å². The Balaban J connectivity index is 1.88. The van der Waals surface area contributed by atoms with E-state index in [1.54, 1.807) is 28.0 Å². The highest BCUT2D eigenvalue weighted by atomic mass is 32.2. The summed E-state index contributed by atoms with van der Waals surface area (Å²) in [5.41, 5.74) is 1.07. The van der Waals surface area contributed by atoms with E-state index >= 15 is 0 Å². The molecule has 1 aliphatic rings. The average molecular weight is 323 g/mol. The molecule has 1 atom stereocenters. The van der Waals surface area contributed by atoms with Crippen LogP contribution >= 0.6 is 0 Å². The van der Waals surface area contributed by atoms with Crippen molar-refractivity contribution in [3.05, 3.63) is 30.4 Å². The van der Waals surface area contributed by atoms with Gasteiger partial charge in [0.15, 0.2) is 0 Å². The van der Waals surface area contributed by atoms with Crippen LogP contribution in [-0.2, 0) is 10.0 Å². The maximum atomic E-state index is 12.7. The summed E-state index contributed by atoms with van der Waals surface area (Å²) in [5.74, 6) is -0.274. The van der Waals surface area contributed by atoms with Crippen molar-refractivity contribution in [3.8, 4) is 0 Å². The standard InChI is InChI=1S/C13H17N5O3S/c1-14-22(20,21)9-10-3-2-5-17(10)13(19)11-7-16-18-6-4-15-8-12(11)18/h4,6-8,10,14H,2-3,5,9H2,1H3. The molecular weight excluding hydrogens is 306 g/mol. The molecule has 22 heavy (non-hydrogen) atoms. The Hall–Kier alpha value is -2.00. The monoisotopic (exact) mass is 323 g/mol. The van der Waals surface area contributed by atoms with Gasteiger partial charge in [-0.05, 0) is 19.9 Å². The van der Waals surface area contributed by atoms with Gasteiger partial charge in [0.1, 0.15) is 0 Å². The molecule has 0 spiro atoms. The Labute approximate surface area is 128 Å². The summed E-state index contributed by atoms with van der Waals surface area (Å²) in [5, 5.41) is 4.13. The number of likely N-dealkylation sites (tertiary alicyclic amines) is 1. The van der Waals surface area contributed by atoms with E-state index in [2.05, 4.69) is 14.8 Å². The summed E-state index contributed by atoms with van der Waals surface area (Å²) in [4.78, 5) is 18.4. The second-order valence-corrected chi connectivity index (χ2v) is 7.22. The van der Waals surface area contributed by atoms with Gasteiger partial charge in [0.25, 0.3) is 5.91 Å². The largest absolute Gasteiger partial charge is 0.334 e. The molecule has 1 saturated heterocycles. The molecular formula is C13H17N5O3S. The van der Waals surface area contributed by atoms with Crippen molar-refractivity contribution in [2.45, 2.75) is 18.9 Å². The van der Waals surface area contributed by atoms with Crippen molar-refractivity contribution in [1.29, 1.82) is 0 Å². The average Bonchev–Trinajstić information content (AvgIpc) is 3.13. The second kappa shape index (κ2) is 5.65. The summed E-state index contributed by atoms with van der Waals surface area (Å²) in [7, 11) is -1.98. The number of rotatable bonds is 4. The fourth-order valence-electron chi connectivity index (χ4n) is 2.77. The van der Waals surface area contributed by atoms with Gasteiger partial charge in [-0.25, -0.2) is 17.7 Å². The van der Waals surface area contributed by atoms with E-state index in [-0.39, 0.29) is 17.7 Å². The fraction of sp³-hybridized carbons (Fsp3) is 0.462. The van der Waals surface area contributed by atoms with Gasteiger partial charge in [0, 0.05) is 25.0 Å². The number of hydrogen-bond donors (Lipinski definition) is 1. The summed E-state index contributed by atoms with van der Waals surface area (Å²) >= 11 is 0. The predicted molar refractivity (Wildman–Crippen MR) is 79.9 cm³/mol. The van der Waals surface area contributed by atoms with E-state index in [1.165, 1.54) is 13.2 Å². The van der Waals surface area contributed by atoms with Gasteiger partial charge >= 0.3 is 0 Å². The van der Waals surface area contributed by atoms with E-state index in [0.29, 0.717) is 24.0 Å². The maximum Gasteiger partial charge on any atom is 0.258 e. The number of carbonyl (C=O) groups is 1. The number of sulfonamides is 1. The number of carbonyl (C=O) groups excluding carboxylic acids is 1. The molecule has 0 radical (unpaired) electrons. The Kier molecular flexibility index (Phi) is 3.83. The molecule has 1 unspecified atom stereocenters. The van der Waals surface area contributed by atoms with Gasteiger partial charge in [0.2, 0.25) is 10.0 Å². The van der Waals surface area contributed by atoms with Crippen LogP contribution in [0, 0.1) is 0 Å². The van der Waals surface area contributed by atoms with Crippen molar-refractivity contribution in [1.82, 2.24) is 24.2 Å². The lowest BCUT2D eigenvalue weighted by Gasteiger charge is -2.24. The van der Waals surface area contributed by atoms with E-state index in [9.17, 15) is 13.2 Å². The molecule has 3 rings (SSSR count). The second-order valence-electron chi connectivity index (χ2n) is 5.24. The highest BCUT2D eigenvalue weighted by molar-refractivity contribution is 7.89. The molecule has 1 fully saturated rings. The first kappa shape index (κ1) is 14.9. The molecule has 8 nitrogen and oxygen atoms in total. The lowest BCUT2D eigenvalue weighted by molar-refractivity contribution is 0.0751. The highest BCUT2D eigenvalue weighted by Crippen LogP contribution is 2.22. The molecule has 118 valence electrons. The van der Waals surface area contributed by atoms with Crippen LogP contribution in [0.15, 0.2) is 24.8 Å². The molecule has 9 heteroatoms. The third-order valence-electron chi connectivity index (χ3n) is 3.92. The number of hydrogen-bond acceptors (Lipinski definition) is 5. The molecule has 0 aliphatic carbocycles. The van der Waals surface area contributed by atoms with Gasteiger partial charge in [-0.3, -0.25) is 9.78 Å². The van der Waals surface area contributed by atoms with E-state index in [4.69, 9.17) is 0 Å². The summed E-state index contributed by atoms with van der Waals surface area (Å²) in [6.07, 6.45) is 7.82. The van der Waals surface area contributed by atoms with Crippen LogP contribution in [0.1, 0.15) is 23.2 Å². The van der Waals surface area contributed by atoms with Crippen molar-refractivity contribution >= 4 is 21.4 Å². The van der Waals surface area contributed by atoms with Crippen molar-refractivity contribution in [2.75, 3.05) is 19.3 Å². The quantitative estimate of drug-likeness (QED) is 0.846. The predicted octanol–water partition coefficient (Wildman–Crippen LogP) is -0.117. The Morgan fingerprint density at radius 2 is 2.27 bits per heavy atom. The number of fused-ring (bicyclic) bond motifs is 1. The van der Waals surface area contributed by atoms with Crippen molar-refractivity contribution in [3.63, 3.8) is 0 Å². The first-order chi connectivity index (χ1) is 10.5. The molecule has 0 bridgehead atoms. The molecule has 1 amide bonds. The summed E-state index contributed by atoms with van der Waals surface area (Å²) in [6.45, 7) is 0.556. The molecule has 3 heterocycles. The van der Waals surface area contributed by atoms with Crippen LogP contribution in [0.5, 0.6) is 0 Å². The lowest BCUT2D eigenvalue weighted by atomic mass is 10.2. The van der Waals surface area contributed by atoms with Crippen LogP contribution in [-0.4, -0.2) is 59.2 Å². The zero-order chi connectivity index (χ0) is 15.7. The van der Waals surface area contributed by atoms with Gasteiger partial charge in [-0.1, -0.05) is 0 Å². The summed E-state index contributed by atoms with van der Waals surface area (Å²) < 4.78 is 27.4. The Morgan fingerprint density at radius 1 is 1.45 bits per heavy atom. The molecule has 2 aromatic rings. The smallest absolute Gasteiger partial charge is 0.258 e. The zero-order valence-electron chi connectivity index (χ0n) is 12.1. The minimum absolute atomic E-state index is 0.0767. The minimum atomic E-state index is -3.36. The van der Waals surface area contributed by atoms with Gasteiger partial charge in [0.05, 0.1) is 29.2 Å². The summed E-state index contributed by atoms with van der Waals surface area (Å²) in [6, 6.07) is -0.309. The maximum absolute atomic E-state index is 12.7. The van der Waals surface area contributed by atoms with Gasteiger partial charge < -0.3 is 4.90 Å². The topological polar surface area (TPSA) is 96.7 Å². The normalized spacial score (nSPS) is 19.0. The number of aromatic nitrogens is 3. The van der Waals surface area contributed by atoms with E-state index in [1.807, 2.05) is 0 Å². The van der Waals surface area contributed by atoms with Crippen LogP contribution < -0.4 is 4.72 Å². The molecule has 2 aromatic heterocycles. The SMILES string of the molecule is CNS(=O)(=O)CC1CCCN1C(=O)c1cnn2ccncc12. The van der Waals surface area contributed by atoms with Crippen LogP contribution in [0.4, 0.5) is 0 Å². The highest BCUT2D eigenvalue weighted by Gasteiger charge is 2.33. The first-order valence-corrected chi connectivity index (χ1v) is 8.66. The Bertz CT molecular complexity index is 801. The Morgan fingerprint density at radius 3 is 3.05 bits per heavy atom. The van der Waals surface area contributed by atoms with Crippen LogP contribution in [0.3, 0.4) is 0 Å². The van der Waals surface area contributed by atoms with Crippen LogP contribution in [0.25, 0.3) is 5.52 Å². The molecule has 1 aliphatic heterocycles. The first-order valence-electron chi connectivity index (χ1n) is 7.01. The molecule has 1 N–H and O–H groups in total. The third kappa shape index (κ3) is 2.69. The zero-order valence-corrected chi connectivity index (χ0v) is 13.0.